The average Bonchev–Trinajstić information content (AvgIpc) is 3.19. The maximum Gasteiger partial charge on any atom is 0.309 e. The van der Waals surface area contributed by atoms with Gasteiger partial charge in [0.25, 0.3) is 0 Å². The van der Waals surface area contributed by atoms with Crippen LogP contribution in [0.15, 0.2) is 42.7 Å². The van der Waals surface area contributed by atoms with Gasteiger partial charge in [-0.15, -0.1) is 5.10 Å². The zero-order valence-corrected chi connectivity index (χ0v) is 21.1. The van der Waals surface area contributed by atoms with Crippen LogP contribution in [0.25, 0.3) is 17.1 Å². The normalized spacial score (nSPS) is 14.9. The largest absolute Gasteiger partial charge is 0.466 e. The molecule has 0 bridgehead atoms. The van der Waals surface area contributed by atoms with Crippen molar-refractivity contribution in [3.8, 4) is 17.1 Å². The number of nitrogens with zero attached hydrogens (tertiary/aromatic N) is 5. The second-order valence-electron chi connectivity index (χ2n) is 8.60. The minimum absolute atomic E-state index is 0.0174. The molecule has 0 spiro atoms. The number of hydrogen-bond acceptors (Lipinski definition) is 6. The van der Waals surface area contributed by atoms with Crippen molar-refractivity contribution in [2.45, 2.75) is 53.1 Å². The van der Waals surface area contributed by atoms with Crippen molar-refractivity contribution in [2.24, 2.45) is 5.92 Å². The molecule has 3 aromatic rings. The Morgan fingerprint density at radius 3 is 2.38 bits per heavy atom. The van der Waals surface area contributed by atoms with Gasteiger partial charge in [-0.3, -0.25) is 19.2 Å². The number of esters is 1. The minimum atomic E-state index is -0.0785. The first kappa shape index (κ1) is 24.3. The molecule has 0 saturated carbocycles. The molecule has 0 radical (unpaired) electrons. The molecular weight excluding hydrogens is 446 g/mol. The molecule has 1 saturated heterocycles. The molecule has 1 aliphatic heterocycles. The van der Waals surface area contributed by atoms with Crippen molar-refractivity contribution in [3.63, 3.8) is 0 Å². The summed E-state index contributed by atoms with van der Waals surface area (Å²) < 4.78 is 9.91. The number of piperidine rings is 1. The van der Waals surface area contributed by atoms with Crippen LogP contribution in [-0.2, 0) is 29.0 Å². The Labute approximate surface area is 206 Å². The van der Waals surface area contributed by atoms with Crippen molar-refractivity contribution in [1.82, 2.24) is 24.2 Å². The van der Waals surface area contributed by atoms with E-state index in [2.05, 4.69) is 46.5 Å². The minimum Gasteiger partial charge on any atom is -0.466 e. The van der Waals surface area contributed by atoms with E-state index >= 15 is 0 Å². The summed E-state index contributed by atoms with van der Waals surface area (Å²) in [5.41, 5.74) is 4.55. The van der Waals surface area contributed by atoms with Crippen molar-refractivity contribution in [1.29, 1.82) is 0 Å². The van der Waals surface area contributed by atoms with E-state index in [0.717, 1.165) is 55.8 Å². The summed E-state index contributed by atoms with van der Waals surface area (Å²) in [5, 5.41) is 4.99. The van der Waals surface area contributed by atoms with E-state index in [4.69, 9.17) is 22.1 Å². The quantitative estimate of drug-likeness (QED) is 0.341. The van der Waals surface area contributed by atoms with Gasteiger partial charge in [0, 0.05) is 31.0 Å². The zero-order valence-electron chi connectivity index (χ0n) is 20.2. The fraction of sp³-hybridized carbons (Fsp3) is 0.462. The first-order valence-corrected chi connectivity index (χ1v) is 12.6. The predicted molar refractivity (Wildman–Crippen MR) is 135 cm³/mol. The first-order chi connectivity index (χ1) is 16.6. The topological polar surface area (TPSA) is 65.2 Å². The molecule has 4 rings (SSSR count). The Hall–Kier alpha value is -2.84. The van der Waals surface area contributed by atoms with Crippen LogP contribution in [0, 0.1) is 10.7 Å². The van der Waals surface area contributed by atoms with Crippen LogP contribution in [0.1, 0.15) is 44.7 Å². The predicted octanol–water partition coefficient (Wildman–Crippen LogP) is 4.82. The van der Waals surface area contributed by atoms with Gasteiger partial charge in [0.05, 0.1) is 24.9 Å². The van der Waals surface area contributed by atoms with Crippen LogP contribution in [-0.4, -0.2) is 49.9 Å². The van der Waals surface area contributed by atoms with Crippen LogP contribution in [0.5, 0.6) is 0 Å². The fourth-order valence-corrected chi connectivity index (χ4v) is 4.92. The number of benzene rings is 1. The highest BCUT2D eigenvalue weighted by Gasteiger charge is 2.27. The van der Waals surface area contributed by atoms with Crippen LogP contribution >= 0.6 is 12.2 Å². The van der Waals surface area contributed by atoms with Gasteiger partial charge in [0.1, 0.15) is 0 Å². The lowest BCUT2D eigenvalue weighted by Crippen LogP contribution is -2.38. The fourth-order valence-electron chi connectivity index (χ4n) is 4.65. The summed E-state index contributed by atoms with van der Waals surface area (Å²) >= 11 is 6.02. The van der Waals surface area contributed by atoms with Gasteiger partial charge in [0.2, 0.25) is 4.77 Å². The lowest BCUT2D eigenvalue weighted by atomic mass is 9.97. The van der Waals surface area contributed by atoms with Crippen LogP contribution < -0.4 is 0 Å². The standard InChI is InChI=1S/C26H33N5O2S/c1-4-19-9-7-10-20(5-2)23(19)31-24(22-11-8-14-27-17-22)28-30(26(31)34)18-29-15-12-21(13-16-29)25(32)33-6-3/h7-11,14,17,21H,4-6,12-13,15-16,18H2,1-3H3. The van der Waals surface area contributed by atoms with Gasteiger partial charge in [0.15, 0.2) is 5.82 Å². The van der Waals surface area contributed by atoms with Crippen LogP contribution in [0.2, 0.25) is 0 Å². The van der Waals surface area contributed by atoms with Gasteiger partial charge in [-0.05, 0) is 68.1 Å². The van der Waals surface area contributed by atoms with Gasteiger partial charge in [-0.1, -0.05) is 32.0 Å². The third kappa shape index (κ3) is 4.98. The van der Waals surface area contributed by atoms with E-state index in [0.29, 0.717) is 18.0 Å². The molecule has 2 aromatic heterocycles. The number of para-hydroxylation sites is 1. The molecule has 0 atom stereocenters. The van der Waals surface area contributed by atoms with Gasteiger partial charge < -0.3 is 4.74 Å². The third-order valence-corrected chi connectivity index (χ3v) is 6.88. The van der Waals surface area contributed by atoms with E-state index in [1.165, 1.54) is 11.1 Å². The average molecular weight is 480 g/mol. The number of aryl methyl sites for hydroxylation is 2. The Balaban J connectivity index is 1.70. The summed E-state index contributed by atoms with van der Waals surface area (Å²) in [6.07, 6.45) is 7.00. The van der Waals surface area contributed by atoms with Crippen molar-refractivity contribution >= 4 is 18.2 Å². The third-order valence-electron chi connectivity index (χ3n) is 6.49. The monoisotopic (exact) mass is 479 g/mol. The number of carbonyl (C=O) groups is 1. The summed E-state index contributed by atoms with van der Waals surface area (Å²) in [6, 6.07) is 10.4. The number of aromatic nitrogens is 4. The van der Waals surface area contributed by atoms with E-state index in [-0.39, 0.29) is 11.9 Å². The zero-order chi connectivity index (χ0) is 24.1. The molecule has 34 heavy (non-hydrogen) atoms. The Bertz CT molecular complexity index is 1160. The smallest absolute Gasteiger partial charge is 0.309 e. The Kier molecular flexibility index (Phi) is 7.90. The van der Waals surface area contributed by atoms with E-state index < -0.39 is 0 Å². The molecule has 1 aromatic carbocycles. The SMILES string of the molecule is CCOC(=O)C1CCN(Cn2nc(-c3cccnc3)n(-c3c(CC)cccc3CC)c2=S)CC1. The maximum atomic E-state index is 12.1. The molecule has 0 aliphatic carbocycles. The highest BCUT2D eigenvalue weighted by molar-refractivity contribution is 7.71. The molecule has 1 aliphatic rings. The number of pyridine rings is 1. The van der Waals surface area contributed by atoms with Crippen molar-refractivity contribution in [2.75, 3.05) is 19.7 Å². The molecule has 1 fully saturated rings. The van der Waals surface area contributed by atoms with Crippen LogP contribution in [0.4, 0.5) is 0 Å². The molecule has 3 heterocycles. The highest BCUT2D eigenvalue weighted by Crippen LogP contribution is 2.28. The molecule has 0 amide bonds. The Morgan fingerprint density at radius 1 is 1.09 bits per heavy atom. The van der Waals surface area contributed by atoms with E-state index in [1.807, 2.05) is 29.9 Å². The second-order valence-corrected chi connectivity index (χ2v) is 8.97. The summed E-state index contributed by atoms with van der Waals surface area (Å²) in [6.45, 7) is 8.84. The van der Waals surface area contributed by atoms with Crippen molar-refractivity contribution < 1.29 is 9.53 Å². The molecular formula is C26H33N5O2S. The summed E-state index contributed by atoms with van der Waals surface area (Å²) in [7, 11) is 0. The first-order valence-electron chi connectivity index (χ1n) is 12.2. The lowest BCUT2D eigenvalue weighted by molar-refractivity contribution is -0.149. The summed E-state index contributed by atoms with van der Waals surface area (Å²) in [5.74, 6) is 0.705. The van der Waals surface area contributed by atoms with E-state index in [9.17, 15) is 4.79 Å². The number of likely N-dealkylation sites (tertiary alicyclic amines) is 1. The Morgan fingerprint density at radius 2 is 1.79 bits per heavy atom. The summed E-state index contributed by atoms with van der Waals surface area (Å²) in [4.78, 5) is 18.7. The maximum absolute atomic E-state index is 12.1. The molecule has 8 heteroatoms. The number of ether oxygens (including phenoxy) is 1. The molecule has 180 valence electrons. The van der Waals surface area contributed by atoms with Crippen LogP contribution in [0.3, 0.4) is 0 Å². The van der Waals surface area contributed by atoms with Gasteiger partial charge >= 0.3 is 5.97 Å². The number of rotatable bonds is 8. The van der Waals surface area contributed by atoms with Gasteiger partial charge in [-0.25, -0.2) is 4.68 Å². The van der Waals surface area contributed by atoms with Crippen molar-refractivity contribution in [3.05, 3.63) is 58.6 Å². The highest BCUT2D eigenvalue weighted by atomic mass is 32.1. The molecule has 7 nitrogen and oxygen atoms in total. The molecule has 0 N–H and O–H groups in total. The molecule has 0 unspecified atom stereocenters. The second kappa shape index (κ2) is 11.1. The lowest BCUT2D eigenvalue weighted by Gasteiger charge is -2.30. The number of hydrogen-bond donors (Lipinski definition) is 0. The van der Waals surface area contributed by atoms with Gasteiger partial charge in [-0.2, -0.15) is 0 Å². The van der Waals surface area contributed by atoms with E-state index in [1.54, 1.807) is 6.20 Å². The number of carbonyl (C=O) groups excluding carboxylic acids is 1.